The molecule has 2 aliphatic rings. The molecule has 0 spiro atoms. The van der Waals surface area contributed by atoms with Crippen molar-refractivity contribution in [3.63, 3.8) is 0 Å². The quantitative estimate of drug-likeness (QED) is 0.0720. The van der Waals surface area contributed by atoms with Crippen LogP contribution in [0.2, 0.25) is 0 Å². The van der Waals surface area contributed by atoms with Crippen LogP contribution in [-0.2, 0) is 34.9 Å². The van der Waals surface area contributed by atoms with Gasteiger partial charge in [0.25, 0.3) is 0 Å². The number of phenols is 4. The lowest BCUT2D eigenvalue weighted by atomic mass is 9.97. The summed E-state index contributed by atoms with van der Waals surface area (Å²) in [6, 6.07) is 7.89. The summed E-state index contributed by atoms with van der Waals surface area (Å²) >= 11 is 0. The summed E-state index contributed by atoms with van der Waals surface area (Å²) in [5.74, 6) is -2.47. The van der Waals surface area contributed by atoms with Crippen LogP contribution < -0.4 is 0 Å². The number of aliphatic hydroxyl groups excluding tert-OH is 6. The molecule has 45 heavy (non-hydrogen) atoms. The van der Waals surface area contributed by atoms with Gasteiger partial charge in [0.1, 0.15) is 42.7 Å². The van der Waals surface area contributed by atoms with Gasteiger partial charge in [-0.2, -0.15) is 0 Å². The number of ether oxygens (including phenoxy) is 5. The van der Waals surface area contributed by atoms with E-state index in [1.54, 1.807) is 0 Å². The van der Waals surface area contributed by atoms with Crippen molar-refractivity contribution in [3.8, 4) is 23.0 Å². The molecular formula is C29H36O16. The zero-order valence-corrected chi connectivity index (χ0v) is 23.6. The predicted octanol–water partition coefficient (Wildman–Crippen LogP) is -2.04. The minimum atomic E-state index is -1.92. The molecule has 0 aromatic heterocycles. The second-order valence-corrected chi connectivity index (χ2v) is 10.4. The molecule has 2 aliphatic heterocycles. The van der Waals surface area contributed by atoms with Crippen molar-refractivity contribution in [2.45, 2.75) is 67.8 Å². The number of hydrogen-bond acceptors (Lipinski definition) is 16. The first kappa shape index (κ1) is 34.3. The average Bonchev–Trinajstić information content (AvgIpc) is 3.01. The number of benzene rings is 2. The highest BCUT2D eigenvalue weighted by molar-refractivity contribution is 5.87. The molecule has 0 aliphatic carbocycles. The zero-order valence-electron chi connectivity index (χ0n) is 23.6. The fraction of sp³-hybridized carbons (Fsp3) is 0.483. The summed E-state index contributed by atoms with van der Waals surface area (Å²) in [6.45, 7) is -1.62. The van der Waals surface area contributed by atoms with Crippen molar-refractivity contribution in [3.05, 3.63) is 53.6 Å². The first-order valence-electron chi connectivity index (χ1n) is 13.9. The van der Waals surface area contributed by atoms with Gasteiger partial charge in [0.05, 0.1) is 19.8 Å². The maximum Gasteiger partial charge on any atom is 0.331 e. The molecule has 248 valence electrons. The fourth-order valence-electron chi connectivity index (χ4n) is 4.89. The van der Waals surface area contributed by atoms with Gasteiger partial charge >= 0.3 is 5.97 Å². The Morgan fingerprint density at radius 1 is 0.756 bits per heavy atom. The summed E-state index contributed by atoms with van der Waals surface area (Å²) < 4.78 is 27.3. The number of esters is 1. The second kappa shape index (κ2) is 15.2. The van der Waals surface area contributed by atoms with Crippen LogP contribution in [0.15, 0.2) is 42.5 Å². The van der Waals surface area contributed by atoms with Crippen LogP contribution in [0.1, 0.15) is 11.1 Å². The van der Waals surface area contributed by atoms with E-state index < -0.39 is 86.3 Å². The van der Waals surface area contributed by atoms with Crippen LogP contribution in [0, 0.1) is 0 Å². The summed E-state index contributed by atoms with van der Waals surface area (Å²) in [5, 5.41) is 101. The summed E-state index contributed by atoms with van der Waals surface area (Å²) in [4.78, 5) is 12.5. The van der Waals surface area contributed by atoms with Gasteiger partial charge < -0.3 is 74.7 Å². The molecule has 0 unspecified atom stereocenters. The van der Waals surface area contributed by atoms with Gasteiger partial charge in [-0.05, 0) is 47.9 Å². The Morgan fingerprint density at radius 3 is 2.07 bits per heavy atom. The van der Waals surface area contributed by atoms with Crippen LogP contribution in [0.25, 0.3) is 6.08 Å². The van der Waals surface area contributed by atoms with Crippen LogP contribution in [0.4, 0.5) is 0 Å². The minimum absolute atomic E-state index is 0.0981. The molecule has 2 saturated heterocycles. The first-order valence-corrected chi connectivity index (χ1v) is 13.9. The van der Waals surface area contributed by atoms with E-state index in [1.807, 2.05) is 0 Å². The molecule has 0 radical (unpaired) electrons. The van der Waals surface area contributed by atoms with Crippen molar-refractivity contribution in [1.29, 1.82) is 0 Å². The number of aromatic hydroxyl groups is 4. The molecule has 4 rings (SSSR count). The highest BCUT2D eigenvalue weighted by Gasteiger charge is 2.52. The van der Waals surface area contributed by atoms with Crippen LogP contribution in [0.3, 0.4) is 0 Å². The number of hydrogen-bond donors (Lipinski definition) is 10. The van der Waals surface area contributed by atoms with E-state index in [0.717, 1.165) is 6.08 Å². The van der Waals surface area contributed by atoms with E-state index in [1.165, 1.54) is 42.5 Å². The molecule has 2 aromatic rings. The lowest BCUT2D eigenvalue weighted by Gasteiger charge is -2.46. The standard InChI is InChI=1S/C29H36O16/c30-11-19-22(37)26(41-8-7-14-2-5-16(33)18(35)10-14)24(39)29(43-19)45-27-23(38)25(20(12-31)42-28(27)40)44-21(36)6-3-13-1-4-15(32)17(34)9-13/h1-6,9-10,19-20,22-35,37-40H,7-8,11-12H2/b6-3+/t19-,20-,22-,23+,24-,25-,26+,27-,28-,29+/m1/s1. The second-order valence-electron chi connectivity index (χ2n) is 10.4. The third-order valence-corrected chi connectivity index (χ3v) is 7.33. The smallest absolute Gasteiger partial charge is 0.331 e. The van der Waals surface area contributed by atoms with Gasteiger partial charge in [0.2, 0.25) is 0 Å². The molecule has 10 atom stereocenters. The third kappa shape index (κ3) is 8.19. The molecule has 0 bridgehead atoms. The van der Waals surface area contributed by atoms with Gasteiger partial charge in [-0.15, -0.1) is 0 Å². The topological polar surface area (TPSA) is 266 Å². The van der Waals surface area contributed by atoms with Gasteiger partial charge in [0, 0.05) is 6.08 Å². The number of aliphatic hydroxyl groups is 6. The Balaban J connectivity index is 1.43. The van der Waals surface area contributed by atoms with E-state index in [0.29, 0.717) is 11.1 Å². The normalized spacial score (nSPS) is 32.0. The molecular weight excluding hydrogens is 604 g/mol. The molecule has 0 saturated carbocycles. The van der Waals surface area contributed by atoms with E-state index in [9.17, 15) is 55.9 Å². The molecule has 10 N–H and O–H groups in total. The largest absolute Gasteiger partial charge is 0.504 e. The average molecular weight is 641 g/mol. The zero-order chi connectivity index (χ0) is 32.8. The van der Waals surface area contributed by atoms with Crippen molar-refractivity contribution < 1.29 is 79.5 Å². The van der Waals surface area contributed by atoms with Gasteiger partial charge in [-0.1, -0.05) is 12.1 Å². The predicted molar refractivity (Wildman–Crippen MR) is 149 cm³/mol. The number of carbonyl (C=O) groups excluding carboxylic acids is 1. The first-order chi connectivity index (χ1) is 21.4. The minimum Gasteiger partial charge on any atom is -0.504 e. The van der Waals surface area contributed by atoms with Crippen LogP contribution in [0.5, 0.6) is 23.0 Å². The Hall–Kier alpha value is -3.55. The number of rotatable bonds is 11. The third-order valence-electron chi connectivity index (χ3n) is 7.33. The lowest BCUT2D eigenvalue weighted by Crippen LogP contribution is -2.65. The van der Waals surface area contributed by atoms with Crippen molar-refractivity contribution in [2.75, 3.05) is 19.8 Å². The van der Waals surface area contributed by atoms with E-state index >= 15 is 0 Å². The van der Waals surface area contributed by atoms with Crippen molar-refractivity contribution in [1.82, 2.24) is 0 Å². The highest BCUT2D eigenvalue weighted by atomic mass is 16.7. The van der Waals surface area contributed by atoms with Gasteiger partial charge in [-0.25, -0.2) is 4.79 Å². The summed E-state index contributed by atoms with van der Waals surface area (Å²) in [6.07, 6.45) is -13.8. The Labute approximate surface area is 256 Å². The van der Waals surface area contributed by atoms with Gasteiger partial charge in [0.15, 0.2) is 41.7 Å². The van der Waals surface area contributed by atoms with Crippen molar-refractivity contribution >= 4 is 12.0 Å². The van der Waals surface area contributed by atoms with Crippen LogP contribution in [-0.4, -0.2) is 138 Å². The number of phenolic OH excluding ortho intramolecular Hbond substituents is 4. The maximum absolute atomic E-state index is 12.5. The van der Waals surface area contributed by atoms with E-state index in [4.69, 9.17) is 23.7 Å². The molecule has 16 nitrogen and oxygen atoms in total. The Morgan fingerprint density at radius 2 is 1.42 bits per heavy atom. The fourth-order valence-corrected chi connectivity index (χ4v) is 4.89. The lowest BCUT2D eigenvalue weighted by molar-refractivity contribution is -0.364. The Kier molecular flexibility index (Phi) is 11.6. The molecule has 2 heterocycles. The monoisotopic (exact) mass is 640 g/mol. The molecule has 2 aromatic carbocycles. The molecule has 16 heteroatoms. The summed E-state index contributed by atoms with van der Waals surface area (Å²) in [7, 11) is 0. The number of carbonyl (C=O) groups is 1. The molecule has 2 fully saturated rings. The van der Waals surface area contributed by atoms with Crippen molar-refractivity contribution in [2.24, 2.45) is 0 Å². The van der Waals surface area contributed by atoms with E-state index in [2.05, 4.69) is 0 Å². The summed E-state index contributed by atoms with van der Waals surface area (Å²) in [5.41, 5.74) is 0.883. The van der Waals surface area contributed by atoms with Crippen LogP contribution >= 0.6 is 0 Å². The maximum atomic E-state index is 12.5. The van der Waals surface area contributed by atoms with Gasteiger partial charge in [-0.3, -0.25) is 0 Å². The molecule has 0 amide bonds. The SMILES string of the molecule is O=C(/C=C/c1ccc(O)c(O)c1)O[C@H]1[C@H](O)[C@@H](O[C@@H]2O[C@H](CO)[C@@H](O)[C@H](OCCc3ccc(O)c(O)c3)[C@H]2O)[C@H](O)O[C@@H]1CO. The Bertz CT molecular complexity index is 1320. The van der Waals surface area contributed by atoms with E-state index in [-0.39, 0.29) is 30.3 Å². The highest BCUT2D eigenvalue weighted by Crippen LogP contribution is 2.31.